The molecule has 0 aromatic rings. The van der Waals surface area contributed by atoms with Gasteiger partial charge in [0.1, 0.15) is 5.28 Å². The molecule has 0 saturated heterocycles. The molecule has 8 nitrogen and oxygen atoms in total. The lowest BCUT2D eigenvalue weighted by Crippen LogP contribution is -2.30. The van der Waals surface area contributed by atoms with E-state index in [1.54, 1.807) is 0 Å². The van der Waals surface area contributed by atoms with Gasteiger partial charge in [-0.15, -0.1) is 0 Å². The molecule has 0 rings (SSSR count). The monoisotopic (exact) mass is 280 g/mol. The maximum absolute atomic E-state index is 10.9. The standard InChI is InChI=1S/C7H12N4O4S2/c1-16-17-5(2-3-6(12)13)4-9-7(14)15-11-10-8/h5H,2-4H2,1H3,(H,9,14)(H,12,13). The van der Waals surface area contributed by atoms with E-state index in [-0.39, 0.29) is 18.2 Å². The Morgan fingerprint density at radius 3 is 2.88 bits per heavy atom. The Bertz CT molecular complexity index is 308. The molecule has 0 bridgehead atoms. The second-order valence-corrected chi connectivity index (χ2v) is 5.52. The first-order chi connectivity index (χ1) is 8.10. The Balaban J connectivity index is 3.94. The summed E-state index contributed by atoms with van der Waals surface area (Å²) in [5.74, 6) is -0.881. The molecule has 96 valence electrons. The lowest BCUT2D eigenvalue weighted by Gasteiger charge is -2.13. The molecule has 0 heterocycles. The molecule has 0 aliphatic carbocycles. The highest BCUT2D eigenvalue weighted by atomic mass is 33.1. The van der Waals surface area contributed by atoms with E-state index in [2.05, 4.69) is 20.3 Å². The minimum Gasteiger partial charge on any atom is -0.481 e. The van der Waals surface area contributed by atoms with Crippen molar-refractivity contribution in [1.29, 1.82) is 0 Å². The van der Waals surface area contributed by atoms with E-state index in [4.69, 9.17) is 10.6 Å². The van der Waals surface area contributed by atoms with Gasteiger partial charge >= 0.3 is 12.1 Å². The van der Waals surface area contributed by atoms with E-state index in [0.717, 1.165) is 0 Å². The van der Waals surface area contributed by atoms with Crippen molar-refractivity contribution in [3.05, 3.63) is 10.4 Å². The molecule has 10 heteroatoms. The summed E-state index contributed by atoms with van der Waals surface area (Å²) in [5.41, 5.74) is 7.90. The predicted octanol–water partition coefficient (Wildman–Crippen LogP) is 2.18. The van der Waals surface area contributed by atoms with Crippen LogP contribution in [0.5, 0.6) is 0 Å². The van der Waals surface area contributed by atoms with Crippen LogP contribution >= 0.6 is 21.6 Å². The number of hydrogen-bond donors (Lipinski definition) is 2. The summed E-state index contributed by atoms with van der Waals surface area (Å²) in [4.78, 5) is 27.6. The molecule has 1 amide bonds. The lowest BCUT2D eigenvalue weighted by molar-refractivity contribution is -0.137. The highest BCUT2D eigenvalue weighted by molar-refractivity contribution is 8.76. The van der Waals surface area contributed by atoms with Gasteiger partial charge in [0, 0.05) is 23.1 Å². The van der Waals surface area contributed by atoms with Crippen LogP contribution in [0.4, 0.5) is 4.79 Å². The summed E-state index contributed by atoms with van der Waals surface area (Å²) in [6.07, 6.45) is 1.47. The first-order valence-electron chi connectivity index (χ1n) is 4.50. The summed E-state index contributed by atoms with van der Waals surface area (Å²) in [5, 5.41) is 13.5. The molecule has 1 atom stereocenters. The van der Waals surface area contributed by atoms with Crippen molar-refractivity contribution in [1.82, 2.24) is 5.32 Å². The summed E-state index contributed by atoms with van der Waals surface area (Å²) in [7, 11) is 2.94. The molecule has 0 aliphatic rings. The molecule has 0 aromatic carbocycles. The SMILES string of the molecule is CSSC(CCC(=O)O)CNC(=O)ON=[N+]=[N-]. The molecule has 1 unspecified atom stereocenters. The molecular weight excluding hydrogens is 268 g/mol. The fourth-order valence-electron chi connectivity index (χ4n) is 0.890. The van der Waals surface area contributed by atoms with E-state index in [1.165, 1.54) is 21.6 Å². The minimum atomic E-state index is -0.881. The van der Waals surface area contributed by atoms with Crippen LogP contribution in [0.2, 0.25) is 0 Å². The molecule has 0 fully saturated rings. The Morgan fingerprint density at radius 1 is 1.65 bits per heavy atom. The molecule has 17 heavy (non-hydrogen) atoms. The molecule has 0 aliphatic heterocycles. The first kappa shape index (κ1) is 15.8. The Morgan fingerprint density at radius 2 is 2.35 bits per heavy atom. The quantitative estimate of drug-likeness (QED) is 0.231. The van der Waals surface area contributed by atoms with Crippen molar-refractivity contribution < 1.29 is 19.5 Å². The van der Waals surface area contributed by atoms with Crippen molar-refractivity contribution >= 4 is 33.7 Å². The zero-order valence-electron chi connectivity index (χ0n) is 9.03. The summed E-state index contributed by atoms with van der Waals surface area (Å²) in [6, 6.07) is 0. The van der Waals surface area contributed by atoms with Gasteiger partial charge in [-0.3, -0.25) is 4.79 Å². The summed E-state index contributed by atoms with van der Waals surface area (Å²) in [6.45, 7) is 0.249. The normalized spacial score (nSPS) is 11.1. The average Bonchev–Trinajstić information content (AvgIpc) is 2.29. The average molecular weight is 280 g/mol. The van der Waals surface area contributed by atoms with Gasteiger partial charge in [-0.05, 0) is 18.2 Å². The number of carboxylic acids is 1. The molecule has 0 saturated carbocycles. The lowest BCUT2D eigenvalue weighted by atomic mass is 10.2. The molecule has 0 spiro atoms. The maximum atomic E-state index is 10.9. The number of aliphatic carboxylic acids is 1. The van der Waals surface area contributed by atoms with Crippen molar-refractivity contribution in [2.45, 2.75) is 18.1 Å². The van der Waals surface area contributed by atoms with Crippen molar-refractivity contribution in [2.75, 3.05) is 12.8 Å². The predicted molar refractivity (Wildman–Crippen MR) is 65.4 cm³/mol. The molecular formula is C7H12N4O4S2. The third-order valence-electron chi connectivity index (χ3n) is 1.55. The number of rotatable bonds is 8. The fourth-order valence-corrected chi connectivity index (χ4v) is 2.84. The molecule has 0 aromatic heterocycles. The summed E-state index contributed by atoms with van der Waals surface area (Å²) >= 11 is 0. The fraction of sp³-hybridized carbons (Fsp3) is 0.714. The highest BCUT2D eigenvalue weighted by Gasteiger charge is 2.13. The van der Waals surface area contributed by atoms with Crippen LogP contribution in [-0.2, 0) is 9.63 Å². The van der Waals surface area contributed by atoms with Crippen LogP contribution in [0.1, 0.15) is 12.8 Å². The van der Waals surface area contributed by atoms with Gasteiger partial charge in [-0.1, -0.05) is 21.6 Å². The number of carboxylic acid groups (broad SMARTS) is 1. The van der Waals surface area contributed by atoms with E-state index in [9.17, 15) is 9.59 Å². The zero-order valence-corrected chi connectivity index (χ0v) is 10.7. The Hall–Kier alpha value is -1.25. The van der Waals surface area contributed by atoms with E-state index >= 15 is 0 Å². The first-order valence-corrected chi connectivity index (χ1v) is 7.12. The van der Waals surface area contributed by atoms with E-state index in [0.29, 0.717) is 6.42 Å². The third kappa shape index (κ3) is 9.67. The molecule has 0 radical (unpaired) electrons. The van der Waals surface area contributed by atoms with Crippen LogP contribution in [0, 0.1) is 0 Å². The van der Waals surface area contributed by atoms with Crippen molar-refractivity contribution in [3.63, 3.8) is 0 Å². The van der Waals surface area contributed by atoms with Gasteiger partial charge in [0.05, 0.1) is 0 Å². The second kappa shape index (κ2) is 9.94. The van der Waals surface area contributed by atoms with E-state index < -0.39 is 12.1 Å². The largest absolute Gasteiger partial charge is 0.481 e. The molecule has 2 N–H and O–H groups in total. The zero-order chi connectivity index (χ0) is 13.1. The number of amides is 1. The van der Waals surface area contributed by atoms with Gasteiger partial charge in [-0.25, -0.2) is 4.79 Å². The number of carbonyl (C=O) groups excluding carboxylic acids is 1. The van der Waals surface area contributed by atoms with Gasteiger partial charge < -0.3 is 15.3 Å². The number of azide groups is 1. The van der Waals surface area contributed by atoms with Gasteiger partial charge in [-0.2, -0.15) is 0 Å². The maximum Gasteiger partial charge on any atom is 0.418 e. The van der Waals surface area contributed by atoms with Crippen LogP contribution in [0.15, 0.2) is 5.28 Å². The smallest absolute Gasteiger partial charge is 0.418 e. The summed E-state index contributed by atoms with van der Waals surface area (Å²) < 4.78 is 0. The van der Waals surface area contributed by atoms with Gasteiger partial charge in [0.25, 0.3) is 0 Å². The van der Waals surface area contributed by atoms with Crippen LogP contribution in [0.25, 0.3) is 10.4 Å². The van der Waals surface area contributed by atoms with Crippen molar-refractivity contribution in [2.24, 2.45) is 5.28 Å². The van der Waals surface area contributed by atoms with Gasteiger partial charge in [0.2, 0.25) is 0 Å². The topological polar surface area (TPSA) is 124 Å². The van der Waals surface area contributed by atoms with Crippen molar-refractivity contribution in [3.8, 4) is 0 Å². The number of nitrogens with zero attached hydrogens (tertiary/aromatic N) is 3. The van der Waals surface area contributed by atoms with E-state index in [1.807, 2.05) is 6.26 Å². The van der Waals surface area contributed by atoms with Crippen LogP contribution in [0.3, 0.4) is 0 Å². The number of hydrogen-bond acceptors (Lipinski definition) is 6. The Labute approximate surface area is 105 Å². The number of nitrogens with one attached hydrogen (secondary N) is 1. The number of carbonyl (C=O) groups is 2. The van der Waals surface area contributed by atoms with Crippen LogP contribution < -0.4 is 5.32 Å². The third-order valence-corrected chi connectivity index (χ3v) is 3.81. The van der Waals surface area contributed by atoms with Gasteiger partial charge in [0.15, 0.2) is 0 Å². The highest BCUT2D eigenvalue weighted by Crippen LogP contribution is 2.26. The minimum absolute atomic E-state index is 0.0330. The Kier molecular flexibility index (Phi) is 9.21. The van der Waals surface area contributed by atoms with Crippen LogP contribution in [-0.4, -0.2) is 35.2 Å². The second-order valence-electron chi connectivity index (χ2n) is 2.75.